The van der Waals surface area contributed by atoms with Crippen LogP contribution in [-0.2, 0) is 4.84 Å². The Morgan fingerprint density at radius 1 is 1.29 bits per heavy atom. The van der Waals surface area contributed by atoms with Crippen LogP contribution in [0.25, 0.3) is 0 Å². The van der Waals surface area contributed by atoms with Gasteiger partial charge in [0.25, 0.3) is 0 Å². The summed E-state index contributed by atoms with van der Waals surface area (Å²) in [6.45, 7) is 1.83. The van der Waals surface area contributed by atoms with Crippen molar-refractivity contribution in [3.63, 3.8) is 0 Å². The van der Waals surface area contributed by atoms with E-state index < -0.39 is 0 Å². The summed E-state index contributed by atoms with van der Waals surface area (Å²) in [6.07, 6.45) is 1.85. The zero-order valence-electron chi connectivity index (χ0n) is 9.82. The molecule has 0 fully saturated rings. The standard InChI is InChI=1S/C12H19N3O2/c13-6-1-2-7-16-10-5-3-4-9-11(8-14)17-15-12(9)10/h3-5,11,15H,1-2,6-8,13-14H2. The van der Waals surface area contributed by atoms with Crippen molar-refractivity contribution in [3.8, 4) is 5.75 Å². The molecule has 0 saturated heterocycles. The summed E-state index contributed by atoms with van der Waals surface area (Å²) in [6, 6.07) is 5.88. The Labute approximate surface area is 101 Å². The van der Waals surface area contributed by atoms with Crippen molar-refractivity contribution in [2.24, 2.45) is 11.5 Å². The summed E-state index contributed by atoms with van der Waals surface area (Å²) in [7, 11) is 0. The molecule has 5 heteroatoms. The van der Waals surface area contributed by atoms with Gasteiger partial charge in [0.05, 0.1) is 6.61 Å². The molecular formula is C12H19N3O2. The molecule has 1 aliphatic heterocycles. The molecule has 0 spiro atoms. The summed E-state index contributed by atoms with van der Waals surface area (Å²) in [5.74, 6) is 0.815. The van der Waals surface area contributed by atoms with Crippen molar-refractivity contribution in [3.05, 3.63) is 23.8 Å². The number of nitrogens with one attached hydrogen (secondary N) is 1. The normalized spacial score (nSPS) is 17.6. The van der Waals surface area contributed by atoms with Gasteiger partial charge in [0, 0.05) is 12.1 Å². The van der Waals surface area contributed by atoms with Gasteiger partial charge in [-0.2, -0.15) is 0 Å². The summed E-state index contributed by atoms with van der Waals surface area (Å²) in [4.78, 5) is 5.37. The van der Waals surface area contributed by atoms with Crippen LogP contribution in [0.3, 0.4) is 0 Å². The lowest BCUT2D eigenvalue weighted by Crippen LogP contribution is -2.11. The van der Waals surface area contributed by atoms with Crippen LogP contribution in [0.5, 0.6) is 5.75 Å². The van der Waals surface area contributed by atoms with Crippen LogP contribution < -0.4 is 21.7 Å². The lowest BCUT2D eigenvalue weighted by Gasteiger charge is -2.09. The SMILES string of the molecule is NCCCCOc1cccc2c1NOC2CN. The molecule has 1 unspecified atom stereocenters. The zero-order valence-corrected chi connectivity index (χ0v) is 9.82. The van der Waals surface area contributed by atoms with E-state index in [1.165, 1.54) is 0 Å². The van der Waals surface area contributed by atoms with Crippen molar-refractivity contribution < 1.29 is 9.57 Å². The Kier molecular flexibility index (Phi) is 4.19. The number of para-hydroxylation sites is 1. The molecule has 5 nitrogen and oxygen atoms in total. The fraction of sp³-hybridized carbons (Fsp3) is 0.500. The summed E-state index contributed by atoms with van der Waals surface area (Å²) < 4.78 is 5.70. The summed E-state index contributed by atoms with van der Waals surface area (Å²) in [5.41, 5.74) is 15.9. The number of benzene rings is 1. The Morgan fingerprint density at radius 3 is 2.94 bits per heavy atom. The van der Waals surface area contributed by atoms with Crippen molar-refractivity contribution in [2.75, 3.05) is 25.2 Å². The summed E-state index contributed by atoms with van der Waals surface area (Å²) >= 11 is 0. The number of ether oxygens (including phenoxy) is 1. The van der Waals surface area contributed by atoms with Gasteiger partial charge >= 0.3 is 0 Å². The molecule has 2 rings (SSSR count). The molecule has 5 N–H and O–H groups in total. The van der Waals surface area contributed by atoms with E-state index in [4.69, 9.17) is 21.0 Å². The molecule has 0 amide bonds. The van der Waals surface area contributed by atoms with E-state index in [9.17, 15) is 0 Å². The Morgan fingerprint density at radius 2 is 2.18 bits per heavy atom. The molecule has 0 aromatic heterocycles. The average molecular weight is 237 g/mol. The molecule has 0 aliphatic carbocycles. The second kappa shape index (κ2) is 5.86. The van der Waals surface area contributed by atoms with Crippen molar-refractivity contribution in [1.82, 2.24) is 0 Å². The lowest BCUT2D eigenvalue weighted by atomic mass is 10.1. The Balaban J connectivity index is 2.01. The van der Waals surface area contributed by atoms with E-state index >= 15 is 0 Å². The van der Waals surface area contributed by atoms with Gasteiger partial charge in [-0.25, -0.2) is 0 Å². The van der Waals surface area contributed by atoms with E-state index in [1.807, 2.05) is 18.2 Å². The van der Waals surface area contributed by atoms with Gasteiger partial charge < -0.3 is 16.2 Å². The third-order valence-electron chi connectivity index (χ3n) is 2.78. The van der Waals surface area contributed by atoms with E-state index in [-0.39, 0.29) is 6.10 Å². The van der Waals surface area contributed by atoms with Crippen LogP contribution in [-0.4, -0.2) is 19.7 Å². The third-order valence-corrected chi connectivity index (χ3v) is 2.78. The largest absolute Gasteiger partial charge is 0.491 e. The van der Waals surface area contributed by atoms with Crippen LogP contribution >= 0.6 is 0 Å². The highest BCUT2D eigenvalue weighted by atomic mass is 16.7. The number of fused-ring (bicyclic) bond motifs is 1. The molecule has 0 saturated carbocycles. The second-order valence-electron chi connectivity index (χ2n) is 4.01. The maximum Gasteiger partial charge on any atom is 0.145 e. The van der Waals surface area contributed by atoms with Crippen LogP contribution in [0.4, 0.5) is 5.69 Å². The number of hydrogen-bond acceptors (Lipinski definition) is 5. The van der Waals surface area contributed by atoms with Gasteiger partial charge in [0.1, 0.15) is 17.5 Å². The van der Waals surface area contributed by atoms with Gasteiger partial charge in [0.2, 0.25) is 0 Å². The van der Waals surface area contributed by atoms with E-state index in [1.54, 1.807) is 0 Å². The van der Waals surface area contributed by atoms with E-state index in [0.29, 0.717) is 19.7 Å². The van der Waals surface area contributed by atoms with Crippen LogP contribution in [0, 0.1) is 0 Å². The maximum absolute atomic E-state index is 5.70. The van der Waals surface area contributed by atoms with Crippen LogP contribution in [0.2, 0.25) is 0 Å². The molecule has 1 aromatic carbocycles. The Bertz CT molecular complexity index is 371. The van der Waals surface area contributed by atoms with Crippen molar-refractivity contribution in [1.29, 1.82) is 0 Å². The molecule has 17 heavy (non-hydrogen) atoms. The highest BCUT2D eigenvalue weighted by Crippen LogP contribution is 2.38. The second-order valence-corrected chi connectivity index (χ2v) is 4.01. The lowest BCUT2D eigenvalue weighted by molar-refractivity contribution is 0.128. The molecule has 0 radical (unpaired) electrons. The summed E-state index contributed by atoms with van der Waals surface area (Å²) in [5, 5.41) is 0. The zero-order chi connectivity index (χ0) is 12.1. The first kappa shape index (κ1) is 12.2. The van der Waals surface area contributed by atoms with Crippen LogP contribution in [0.15, 0.2) is 18.2 Å². The molecule has 94 valence electrons. The minimum absolute atomic E-state index is 0.0856. The van der Waals surface area contributed by atoms with Gasteiger partial charge in [-0.3, -0.25) is 10.3 Å². The fourth-order valence-electron chi connectivity index (χ4n) is 1.84. The van der Waals surface area contributed by atoms with Gasteiger partial charge in [-0.05, 0) is 25.5 Å². The van der Waals surface area contributed by atoms with E-state index in [2.05, 4.69) is 5.48 Å². The monoisotopic (exact) mass is 237 g/mol. The van der Waals surface area contributed by atoms with Crippen molar-refractivity contribution >= 4 is 5.69 Å². The Hall–Kier alpha value is -1.30. The van der Waals surface area contributed by atoms with E-state index in [0.717, 1.165) is 29.8 Å². The number of rotatable bonds is 6. The number of unbranched alkanes of at least 4 members (excludes halogenated alkanes) is 1. The first-order chi connectivity index (χ1) is 8.36. The molecule has 1 atom stereocenters. The van der Waals surface area contributed by atoms with Gasteiger partial charge in [0.15, 0.2) is 0 Å². The van der Waals surface area contributed by atoms with Gasteiger partial charge in [-0.1, -0.05) is 12.1 Å². The minimum atomic E-state index is -0.0856. The molecule has 1 aromatic rings. The first-order valence-electron chi connectivity index (χ1n) is 5.94. The highest BCUT2D eigenvalue weighted by molar-refractivity contribution is 5.63. The molecule has 1 aliphatic rings. The topological polar surface area (TPSA) is 82.5 Å². The fourth-order valence-corrected chi connectivity index (χ4v) is 1.84. The smallest absolute Gasteiger partial charge is 0.145 e. The minimum Gasteiger partial charge on any atom is -0.491 e. The van der Waals surface area contributed by atoms with Crippen LogP contribution in [0.1, 0.15) is 24.5 Å². The third kappa shape index (κ3) is 2.69. The highest BCUT2D eigenvalue weighted by Gasteiger charge is 2.24. The first-order valence-corrected chi connectivity index (χ1v) is 5.94. The average Bonchev–Trinajstić information content (AvgIpc) is 2.78. The van der Waals surface area contributed by atoms with Gasteiger partial charge in [-0.15, -0.1) is 0 Å². The maximum atomic E-state index is 5.70. The predicted molar refractivity (Wildman–Crippen MR) is 66.7 cm³/mol. The number of hydrogen-bond donors (Lipinski definition) is 3. The van der Waals surface area contributed by atoms with Crippen molar-refractivity contribution in [2.45, 2.75) is 18.9 Å². The molecule has 0 bridgehead atoms. The number of nitrogens with two attached hydrogens (primary N) is 2. The predicted octanol–water partition coefficient (Wildman–Crippen LogP) is 1.16. The molecular weight excluding hydrogens is 218 g/mol. The number of anilines is 1. The quantitative estimate of drug-likeness (QED) is 0.647. The molecule has 1 heterocycles.